The van der Waals surface area contributed by atoms with Gasteiger partial charge in [-0.3, -0.25) is 4.98 Å². The van der Waals surface area contributed by atoms with Gasteiger partial charge in [0.05, 0.1) is 0 Å². The largest absolute Gasteiger partial charge is 0.383 e. The Morgan fingerprint density at radius 3 is 2.67 bits per heavy atom. The molecule has 0 aliphatic heterocycles. The zero-order chi connectivity index (χ0) is 12.6. The molecule has 1 aromatic carbocycles. The van der Waals surface area contributed by atoms with Crippen molar-refractivity contribution in [2.45, 2.75) is 19.5 Å². The molecule has 0 saturated heterocycles. The first-order valence-corrected chi connectivity index (χ1v) is 6.26. The van der Waals surface area contributed by atoms with Crippen LogP contribution in [0.2, 0.25) is 0 Å². The molecule has 18 heavy (non-hydrogen) atoms. The van der Waals surface area contributed by atoms with Gasteiger partial charge < -0.3 is 10.6 Å². The fraction of sp³-hybridized carbons (Fsp3) is 0.267. The van der Waals surface area contributed by atoms with Crippen molar-refractivity contribution >= 4 is 5.69 Å². The van der Waals surface area contributed by atoms with E-state index in [4.69, 9.17) is 0 Å². The topological polar surface area (TPSA) is 37.0 Å². The monoisotopic (exact) mass is 241 g/mol. The Morgan fingerprint density at radius 1 is 1.11 bits per heavy atom. The number of hydrogen-bond donors (Lipinski definition) is 2. The molecule has 0 radical (unpaired) electrons. The van der Waals surface area contributed by atoms with E-state index in [1.807, 2.05) is 30.5 Å². The highest BCUT2D eigenvalue weighted by Gasteiger charge is 2.01. The number of nitrogens with zero attached hydrogens (tertiary/aromatic N) is 1. The van der Waals surface area contributed by atoms with Crippen molar-refractivity contribution in [3.63, 3.8) is 0 Å². The van der Waals surface area contributed by atoms with Crippen LogP contribution in [0, 0.1) is 0 Å². The van der Waals surface area contributed by atoms with E-state index in [1.165, 1.54) is 5.56 Å². The number of para-hydroxylation sites is 1. The van der Waals surface area contributed by atoms with Gasteiger partial charge in [-0.15, -0.1) is 0 Å². The van der Waals surface area contributed by atoms with Crippen LogP contribution in [0.3, 0.4) is 0 Å². The summed E-state index contributed by atoms with van der Waals surface area (Å²) in [6, 6.07) is 14.7. The average Bonchev–Trinajstić information content (AvgIpc) is 2.45. The standard InChI is InChI=1S/C15H19N3/c1-13(10-18-15-7-3-2-4-8-15)17-12-14-6-5-9-16-11-14/h2-9,11,13,17-18H,10,12H2,1H3. The molecule has 2 N–H and O–H groups in total. The lowest BCUT2D eigenvalue weighted by Gasteiger charge is -2.15. The molecule has 1 atom stereocenters. The second-order valence-electron chi connectivity index (χ2n) is 4.39. The van der Waals surface area contributed by atoms with Gasteiger partial charge in [-0.25, -0.2) is 0 Å². The zero-order valence-corrected chi connectivity index (χ0v) is 10.6. The summed E-state index contributed by atoms with van der Waals surface area (Å²) in [5.74, 6) is 0. The van der Waals surface area contributed by atoms with Crippen molar-refractivity contribution in [3.8, 4) is 0 Å². The van der Waals surface area contributed by atoms with Crippen LogP contribution in [-0.2, 0) is 6.54 Å². The van der Waals surface area contributed by atoms with Gasteiger partial charge in [0.25, 0.3) is 0 Å². The number of pyridine rings is 1. The van der Waals surface area contributed by atoms with Gasteiger partial charge in [-0.1, -0.05) is 24.3 Å². The summed E-state index contributed by atoms with van der Waals surface area (Å²) in [4.78, 5) is 4.10. The minimum Gasteiger partial charge on any atom is -0.383 e. The van der Waals surface area contributed by atoms with E-state index in [-0.39, 0.29) is 0 Å². The summed E-state index contributed by atoms with van der Waals surface area (Å²) in [6.07, 6.45) is 3.69. The molecule has 0 aliphatic rings. The summed E-state index contributed by atoms with van der Waals surface area (Å²) in [7, 11) is 0. The number of aromatic nitrogens is 1. The highest BCUT2D eigenvalue weighted by Crippen LogP contribution is 2.04. The van der Waals surface area contributed by atoms with E-state index < -0.39 is 0 Å². The molecule has 1 unspecified atom stereocenters. The molecule has 3 heteroatoms. The lowest BCUT2D eigenvalue weighted by atomic mass is 10.2. The molecule has 0 fully saturated rings. The highest BCUT2D eigenvalue weighted by molar-refractivity contribution is 5.42. The number of rotatable bonds is 6. The van der Waals surface area contributed by atoms with Crippen LogP contribution in [0.5, 0.6) is 0 Å². The van der Waals surface area contributed by atoms with E-state index in [2.05, 4.69) is 40.7 Å². The van der Waals surface area contributed by atoms with Gasteiger partial charge >= 0.3 is 0 Å². The molecular weight excluding hydrogens is 222 g/mol. The van der Waals surface area contributed by atoms with E-state index in [9.17, 15) is 0 Å². The summed E-state index contributed by atoms with van der Waals surface area (Å²) in [6.45, 7) is 3.93. The SMILES string of the molecule is CC(CNc1ccccc1)NCc1cccnc1. The highest BCUT2D eigenvalue weighted by atomic mass is 15.0. The van der Waals surface area contributed by atoms with Gasteiger partial charge in [0.2, 0.25) is 0 Å². The predicted molar refractivity (Wildman–Crippen MR) is 75.5 cm³/mol. The first-order chi connectivity index (χ1) is 8.84. The molecule has 94 valence electrons. The Morgan fingerprint density at radius 2 is 1.94 bits per heavy atom. The van der Waals surface area contributed by atoms with Gasteiger partial charge in [0.15, 0.2) is 0 Å². The van der Waals surface area contributed by atoms with Crippen LogP contribution in [-0.4, -0.2) is 17.6 Å². The normalized spacial score (nSPS) is 12.1. The molecule has 0 aliphatic carbocycles. The molecule has 0 saturated carbocycles. The van der Waals surface area contributed by atoms with Crippen molar-refractivity contribution < 1.29 is 0 Å². The Kier molecular flexibility index (Phi) is 4.73. The molecule has 1 heterocycles. The minimum atomic E-state index is 0.408. The van der Waals surface area contributed by atoms with E-state index in [0.717, 1.165) is 18.8 Å². The van der Waals surface area contributed by atoms with E-state index in [0.29, 0.717) is 6.04 Å². The molecular formula is C15H19N3. The Balaban J connectivity index is 1.71. The van der Waals surface area contributed by atoms with Gasteiger partial charge in [-0.05, 0) is 30.7 Å². The predicted octanol–water partition coefficient (Wildman–Crippen LogP) is 2.67. The van der Waals surface area contributed by atoms with Crippen LogP contribution in [0.25, 0.3) is 0 Å². The third-order valence-electron chi connectivity index (χ3n) is 2.76. The van der Waals surface area contributed by atoms with E-state index in [1.54, 1.807) is 6.20 Å². The molecule has 3 nitrogen and oxygen atoms in total. The third-order valence-corrected chi connectivity index (χ3v) is 2.76. The second kappa shape index (κ2) is 6.77. The molecule has 1 aromatic heterocycles. The average molecular weight is 241 g/mol. The second-order valence-corrected chi connectivity index (χ2v) is 4.39. The van der Waals surface area contributed by atoms with Crippen LogP contribution in [0.1, 0.15) is 12.5 Å². The molecule has 0 amide bonds. The Labute approximate surface area is 108 Å². The molecule has 0 bridgehead atoms. The summed E-state index contributed by atoms with van der Waals surface area (Å²) < 4.78 is 0. The maximum Gasteiger partial charge on any atom is 0.0340 e. The first-order valence-electron chi connectivity index (χ1n) is 6.26. The Bertz CT molecular complexity index is 398. The summed E-state index contributed by atoms with van der Waals surface area (Å²) >= 11 is 0. The fourth-order valence-electron chi connectivity index (χ4n) is 1.69. The third kappa shape index (κ3) is 4.18. The summed E-state index contributed by atoms with van der Waals surface area (Å²) in [5.41, 5.74) is 2.37. The quantitative estimate of drug-likeness (QED) is 0.816. The van der Waals surface area contributed by atoms with Crippen LogP contribution < -0.4 is 10.6 Å². The van der Waals surface area contributed by atoms with Gasteiger partial charge in [-0.2, -0.15) is 0 Å². The maximum absolute atomic E-state index is 4.10. The number of benzene rings is 1. The minimum absolute atomic E-state index is 0.408. The zero-order valence-electron chi connectivity index (χ0n) is 10.6. The molecule has 2 rings (SSSR count). The number of nitrogens with one attached hydrogen (secondary N) is 2. The van der Waals surface area contributed by atoms with Crippen LogP contribution in [0.15, 0.2) is 54.9 Å². The van der Waals surface area contributed by atoms with Crippen molar-refractivity contribution in [1.82, 2.24) is 10.3 Å². The van der Waals surface area contributed by atoms with E-state index >= 15 is 0 Å². The van der Waals surface area contributed by atoms with Crippen molar-refractivity contribution in [2.24, 2.45) is 0 Å². The molecule has 2 aromatic rings. The summed E-state index contributed by atoms with van der Waals surface area (Å²) in [5, 5.41) is 6.87. The smallest absolute Gasteiger partial charge is 0.0340 e. The van der Waals surface area contributed by atoms with Gasteiger partial charge in [0.1, 0.15) is 0 Å². The number of hydrogen-bond acceptors (Lipinski definition) is 3. The van der Waals surface area contributed by atoms with Crippen molar-refractivity contribution in [1.29, 1.82) is 0 Å². The lowest BCUT2D eigenvalue weighted by Crippen LogP contribution is -2.32. The van der Waals surface area contributed by atoms with Crippen LogP contribution in [0.4, 0.5) is 5.69 Å². The maximum atomic E-state index is 4.10. The molecule has 0 spiro atoms. The number of anilines is 1. The Hall–Kier alpha value is -1.87. The van der Waals surface area contributed by atoms with Gasteiger partial charge in [0, 0.05) is 37.2 Å². The van der Waals surface area contributed by atoms with Crippen molar-refractivity contribution in [2.75, 3.05) is 11.9 Å². The lowest BCUT2D eigenvalue weighted by molar-refractivity contribution is 0.567. The van der Waals surface area contributed by atoms with Crippen LogP contribution >= 0.6 is 0 Å². The van der Waals surface area contributed by atoms with Crippen molar-refractivity contribution in [3.05, 3.63) is 60.4 Å². The first kappa shape index (κ1) is 12.6. The fourth-order valence-corrected chi connectivity index (χ4v) is 1.69.